The van der Waals surface area contributed by atoms with Crippen LogP contribution in [0.1, 0.15) is 16.7 Å². The van der Waals surface area contributed by atoms with E-state index in [1.807, 2.05) is 0 Å². The fraction of sp³-hybridized carbons (Fsp3) is 0.174. The second kappa shape index (κ2) is 10.8. The molecule has 0 spiro atoms. The number of benzene rings is 2. The first-order valence-corrected chi connectivity index (χ1v) is 11.4. The van der Waals surface area contributed by atoms with Gasteiger partial charge in [-0.3, -0.25) is 14.5 Å². The van der Waals surface area contributed by atoms with E-state index in [0.717, 1.165) is 17.3 Å². The molecule has 1 atom stereocenters. The fourth-order valence-corrected chi connectivity index (χ4v) is 4.10. The maximum Gasteiger partial charge on any atom is 0.414 e. The zero-order valence-electron chi connectivity index (χ0n) is 18.2. The molecule has 2 aliphatic heterocycles. The van der Waals surface area contributed by atoms with E-state index in [1.165, 1.54) is 29.3 Å². The molecule has 3 amide bonds. The van der Waals surface area contributed by atoms with Crippen molar-refractivity contribution in [1.29, 1.82) is 0 Å². The van der Waals surface area contributed by atoms with Gasteiger partial charge in [-0.25, -0.2) is 14.6 Å². The molecule has 2 aromatic rings. The third-order valence-electron chi connectivity index (χ3n) is 5.07. The van der Waals surface area contributed by atoms with Crippen LogP contribution >= 0.6 is 11.8 Å². The van der Waals surface area contributed by atoms with Crippen molar-refractivity contribution in [1.82, 2.24) is 10.7 Å². The first-order valence-electron chi connectivity index (χ1n) is 10.4. The van der Waals surface area contributed by atoms with Gasteiger partial charge in [0.2, 0.25) is 5.91 Å². The number of amides is 3. The predicted molar refractivity (Wildman–Crippen MR) is 129 cm³/mol. The summed E-state index contributed by atoms with van der Waals surface area (Å²) in [6.45, 7) is 0.228. The van der Waals surface area contributed by atoms with Crippen LogP contribution < -0.4 is 15.6 Å². The van der Waals surface area contributed by atoms with Gasteiger partial charge in [-0.1, -0.05) is 41.2 Å². The van der Waals surface area contributed by atoms with E-state index in [1.54, 1.807) is 36.4 Å². The van der Waals surface area contributed by atoms with Crippen molar-refractivity contribution in [2.45, 2.75) is 6.10 Å². The Hall–Kier alpha value is -4.19. The fourth-order valence-electron chi connectivity index (χ4n) is 3.34. The molecule has 1 fully saturated rings. The zero-order valence-corrected chi connectivity index (χ0v) is 19.0. The van der Waals surface area contributed by atoms with Crippen molar-refractivity contribution in [3.8, 4) is 0 Å². The lowest BCUT2D eigenvalue weighted by molar-refractivity contribution is -0.118. The van der Waals surface area contributed by atoms with Crippen LogP contribution in [0.5, 0.6) is 0 Å². The van der Waals surface area contributed by atoms with Gasteiger partial charge >= 0.3 is 6.09 Å². The molecule has 0 saturated carbocycles. The third-order valence-corrected chi connectivity index (χ3v) is 6.06. The number of nitrogens with one attached hydrogen (secondary N) is 2. The number of anilines is 1. The number of hydrogen-bond donors (Lipinski definition) is 3. The molecule has 0 aromatic heterocycles. The highest BCUT2D eigenvalue weighted by Crippen LogP contribution is 2.26. The van der Waals surface area contributed by atoms with Crippen molar-refractivity contribution >= 4 is 52.7 Å². The zero-order chi connectivity index (χ0) is 24.8. The Morgan fingerprint density at radius 1 is 1.29 bits per heavy atom. The van der Waals surface area contributed by atoms with Gasteiger partial charge in [-0.2, -0.15) is 5.10 Å². The van der Waals surface area contributed by atoms with Gasteiger partial charge < -0.3 is 15.3 Å². The van der Waals surface area contributed by atoms with Gasteiger partial charge in [0.15, 0.2) is 0 Å². The molecule has 0 unspecified atom stereocenters. The quantitative estimate of drug-likeness (QED) is 0.233. The number of rotatable bonds is 7. The highest BCUT2D eigenvalue weighted by molar-refractivity contribution is 8.15. The van der Waals surface area contributed by atoms with Crippen LogP contribution in [0.4, 0.5) is 14.9 Å². The summed E-state index contributed by atoms with van der Waals surface area (Å²) in [5.41, 5.74) is 4.34. The molecule has 2 heterocycles. The Bertz CT molecular complexity index is 1230. The Morgan fingerprint density at radius 2 is 2.06 bits per heavy atom. The Morgan fingerprint density at radius 3 is 2.74 bits per heavy atom. The predicted octanol–water partition coefficient (Wildman–Crippen LogP) is 2.31. The molecule has 0 radical (unpaired) electrons. The average molecular weight is 498 g/mol. The molecular weight excluding hydrogens is 477 g/mol. The van der Waals surface area contributed by atoms with Crippen molar-refractivity contribution in [2.24, 2.45) is 10.3 Å². The number of nitrogens with zero attached hydrogens (tertiary/aromatic N) is 3. The number of carbonyl (C=O) groups is 3. The largest absolute Gasteiger partial charge is 0.442 e. The second-order valence-corrected chi connectivity index (χ2v) is 8.47. The van der Waals surface area contributed by atoms with Crippen LogP contribution in [0.2, 0.25) is 0 Å². The molecule has 0 aliphatic carbocycles. The first kappa shape index (κ1) is 24.0. The number of hydrazone groups is 1. The number of oxime groups is 1. The molecule has 12 heteroatoms. The highest BCUT2D eigenvalue weighted by Gasteiger charge is 2.33. The van der Waals surface area contributed by atoms with E-state index in [9.17, 15) is 18.8 Å². The van der Waals surface area contributed by atoms with Crippen molar-refractivity contribution in [2.75, 3.05) is 23.7 Å². The summed E-state index contributed by atoms with van der Waals surface area (Å²) in [7, 11) is 0. The minimum absolute atomic E-state index is 0.0883. The molecule has 35 heavy (non-hydrogen) atoms. The average Bonchev–Trinajstić information content (AvgIpc) is 3.23. The molecule has 2 aromatic carbocycles. The van der Waals surface area contributed by atoms with E-state index < -0.39 is 18.0 Å². The van der Waals surface area contributed by atoms with Crippen LogP contribution in [0.3, 0.4) is 0 Å². The topological polar surface area (TPSA) is 133 Å². The van der Waals surface area contributed by atoms with Crippen LogP contribution in [-0.4, -0.2) is 59.3 Å². The summed E-state index contributed by atoms with van der Waals surface area (Å²) in [6.07, 6.45) is 3.02. The van der Waals surface area contributed by atoms with Gasteiger partial charge in [0.1, 0.15) is 17.0 Å². The lowest BCUT2D eigenvalue weighted by Crippen LogP contribution is -2.33. The summed E-state index contributed by atoms with van der Waals surface area (Å²) in [5, 5.41) is 18.4. The maximum atomic E-state index is 14.7. The van der Waals surface area contributed by atoms with Gasteiger partial charge in [0.25, 0.3) is 5.91 Å². The van der Waals surface area contributed by atoms with E-state index >= 15 is 0 Å². The van der Waals surface area contributed by atoms with Gasteiger partial charge in [0, 0.05) is 11.6 Å². The number of carbonyl (C=O) groups excluding carboxylic acids is 3. The lowest BCUT2D eigenvalue weighted by Gasteiger charge is -2.16. The van der Waals surface area contributed by atoms with Crippen LogP contribution in [0.25, 0.3) is 6.08 Å². The third kappa shape index (κ3) is 6.03. The van der Waals surface area contributed by atoms with Crippen molar-refractivity contribution in [3.63, 3.8) is 0 Å². The van der Waals surface area contributed by atoms with Crippen LogP contribution in [0, 0.1) is 5.82 Å². The molecule has 0 bridgehead atoms. The maximum absolute atomic E-state index is 14.7. The van der Waals surface area contributed by atoms with Crippen molar-refractivity contribution in [3.05, 3.63) is 71.0 Å². The van der Waals surface area contributed by atoms with Gasteiger partial charge in [-0.15, -0.1) is 0 Å². The summed E-state index contributed by atoms with van der Waals surface area (Å²) >= 11 is 1.12. The molecule has 3 N–H and O–H groups in total. The van der Waals surface area contributed by atoms with Gasteiger partial charge in [-0.05, 0) is 35.4 Å². The molecule has 1 saturated heterocycles. The number of cyclic esters (lactones) is 1. The summed E-state index contributed by atoms with van der Waals surface area (Å²) in [5.74, 6) is -1.06. The SMILES string of the molecule is O=C(/C=C/c1ccc(/C=N/O)cc1)NC[C@H]1CN(c2ccc(C3=NNC(=O)CS3)c(F)c2)C(=O)O1. The molecule has 10 nitrogen and oxygen atoms in total. The standard InChI is InChI=1S/C23H20FN5O5S/c24-19-9-16(6-7-18(19)22-28-27-21(31)13-35-22)29-12-17(34-23(29)32)11-25-20(30)8-5-14-1-3-15(4-2-14)10-26-33/h1-10,17,33H,11-13H2,(H,25,30)(H,27,31)/b8-5+,26-10+/t17-/m0/s1. The molecule has 2 aliphatic rings. The van der Waals surface area contributed by atoms with Crippen molar-refractivity contribution < 1.29 is 28.7 Å². The van der Waals surface area contributed by atoms with Gasteiger partial charge in [0.05, 0.1) is 30.7 Å². The summed E-state index contributed by atoms with van der Waals surface area (Å²) in [6, 6.07) is 11.3. The number of hydrogen-bond acceptors (Lipinski definition) is 8. The summed E-state index contributed by atoms with van der Waals surface area (Å²) < 4.78 is 20.0. The smallest absolute Gasteiger partial charge is 0.414 e. The van der Waals surface area contributed by atoms with E-state index in [2.05, 4.69) is 21.0 Å². The normalized spacial score (nSPS) is 18.0. The Kier molecular flexibility index (Phi) is 7.41. The second-order valence-electron chi connectivity index (χ2n) is 7.51. The summed E-state index contributed by atoms with van der Waals surface area (Å²) in [4.78, 5) is 36.9. The van der Waals surface area contributed by atoms with E-state index in [4.69, 9.17) is 9.94 Å². The first-order chi connectivity index (χ1) is 16.9. The van der Waals surface area contributed by atoms with E-state index in [0.29, 0.717) is 16.3 Å². The number of halogens is 1. The minimum Gasteiger partial charge on any atom is -0.442 e. The van der Waals surface area contributed by atoms with Crippen LogP contribution in [0.15, 0.2) is 58.8 Å². The lowest BCUT2D eigenvalue weighted by atomic mass is 10.1. The number of ether oxygens (including phenoxy) is 1. The molecular formula is C23H20FN5O5S. The Balaban J connectivity index is 1.31. The van der Waals surface area contributed by atoms with E-state index in [-0.39, 0.29) is 36.2 Å². The minimum atomic E-state index is -0.643. The monoisotopic (exact) mass is 497 g/mol. The highest BCUT2D eigenvalue weighted by atomic mass is 32.2. The van der Waals surface area contributed by atoms with Crippen LogP contribution in [-0.2, 0) is 14.3 Å². The molecule has 180 valence electrons. The number of thioether (sulfide) groups is 1. The Labute approximate surface area is 203 Å². The molecule has 4 rings (SSSR count).